The molecule has 0 aromatic carbocycles. The van der Waals surface area contributed by atoms with E-state index in [1.807, 2.05) is 0 Å². The summed E-state index contributed by atoms with van der Waals surface area (Å²) in [5.41, 5.74) is -0.381. The summed E-state index contributed by atoms with van der Waals surface area (Å²) in [4.78, 5) is 3.41. The van der Waals surface area contributed by atoms with Gasteiger partial charge in [-0.1, -0.05) is 12.6 Å². The SMILES string of the molecule is C=C(CCl)c1cccc(C(F)(F)F)n1. The molecule has 0 spiro atoms. The van der Waals surface area contributed by atoms with Crippen molar-refractivity contribution in [3.63, 3.8) is 0 Å². The normalized spacial score (nSPS) is 11.4. The Hall–Kier alpha value is -1.03. The first-order chi connectivity index (χ1) is 6.45. The van der Waals surface area contributed by atoms with Crippen molar-refractivity contribution in [3.05, 3.63) is 36.2 Å². The summed E-state index contributed by atoms with van der Waals surface area (Å²) >= 11 is 5.43. The Kier molecular flexibility index (Phi) is 3.16. The molecule has 1 aromatic heterocycles. The molecule has 0 radical (unpaired) electrons. The summed E-state index contributed by atoms with van der Waals surface area (Å²) in [5, 5.41) is 0. The van der Waals surface area contributed by atoms with Crippen molar-refractivity contribution in [2.24, 2.45) is 0 Å². The highest BCUT2D eigenvalue weighted by Crippen LogP contribution is 2.28. The van der Waals surface area contributed by atoms with Gasteiger partial charge in [-0.3, -0.25) is 0 Å². The minimum Gasteiger partial charge on any atom is -0.244 e. The molecule has 0 aliphatic carbocycles. The molecule has 0 unspecified atom stereocenters. The molecule has 1 heterocycles. The lowest BCUT2D eigenvalue weighted by Crippen LogP contribution is -2.08. The molecule has 0 saturated carbocycles. The van der Waals surface area contributed by atoms with E-state index in [1.54, 1.807) is 0 Å². The van der Waals surface area contributed by atoms with Gasteiger partial charge in [0.1, 0.15) is 5.69 Å². The smallest absolute Gasteiger partial charge is 0.244 e. The molecule has 0 bridgehead atoms. The van der Waals surface area contributed by atoms with Crippen LogP contribution in [0.2, 0.25) is 0 Å². The maximum absolute atomic E-state index is 12.2. The zero-order valence-corrected chi connectivity index (χ0v) is 7.86. The molecule has 14 heavy (non-hydrogen) atoms. The van der Waals surface area contributed by atoms with E-state index in [-0.39, 0.29) is 11.6 Å². The lowest BCUT2D eigenvalue weighted by molar-refractivity contribution is -0.141. The van der Waals surface area contributed by atoms with Gasteiger partial charge >= 0.3 is 6.18 Å². The van der Waals surface area contributed by atoms with Crippen LogP contribution in [0.25, 0.3) is 5.57 Å². The predicted molar refractivity (Wildman–Crippen MR) is 49.0 cm³/mol. The van der Waals surface area contributed by atoms with Crippen molar-refractivity contribution in [2.45, 2.75) is 6.18 Å². The molecule has 0 aliphatic heterocycles. The number of halogens is 4. The van der Waals surface area contributed by atoms with Crippen LogP contribution in [-0.4, -0.2) is 10.9 Å². The van der Waals surface area contributed by atoms with Crippen molar-refractivity contribution in [3.8, 4) is 0 Å². The van der Waals surface area contributed by atoms with E-state index in [9.17, 15) is 13.2 Å². The minimum absolute atomic E-state index is 0.0638. The zero-order chi connectivity index (χ0) is 10.8. The summed E-state index contributed by atoms with van der Waals surface area (Å²) < 4.78 is 36.6. The van der Waals surface area contributed by atoms with Crippen molar-refractivity contribution in [1.29, 1.82) is 0 Å². The second kappa shape index (κ2) is 4.00. The van der Waals surface area contributed by atoms with Gasteiger partial charge in [0, 0.05) is 5.88 Å². The summed E-state index contributed by atoms with van der Waals surface area (Å²) in [6, 6.07) is 3.63. The molecule has 0 saturated heterocycles. The maximum Gasteiger partial charge on any atom is 0.433 e. The highest BCUT2D eigenvalue weighted by atomic mass is 35.5. The van der Waals surface area contributed by atoms with E-state index < -0.39 is 11.9 Å². The van der Waals surface area contributed by atoms with Crippen molar-refractivity contribution < 1.29 is 13.2 Å². The van der Waals surface area contributed by atoms with Gasteiger partial charge in [-0.25, -0.2) is 4.98 Å². The molecule has 76 valence electrons. The Balaban J connectivity index is 3.08. The first kappa shape index (κ1) is 11.0. The molecule has 0 fully saturated rings. The van der Waals surface area contributed by atoms with Gasteiger partial charge in [0.2, 0.25) is 0 Å². The number of nitrogens with zero attached hydrogens (tertiary/aromatic N) is 1. The third-order valence-electron chi connectivity index (χ3n) is 1.56. The van der Waals surface area contributed by atoms with Gasteiger partial charge in [0.05, 0.1) is 5.69 Å². The Labute approximate surface area is 84.2 Å². The number of rotatable bonds is 2. The number of aromatic nitrogens is 1. The average Bonchev–Trinajstić information content (AvgIpc) is 2.15. The Morgan fingerprint density at radius 2 is 2.07 bits per heavy atom. The second-order valence-corrected chi connectivity index (χ2v) is 2.91. The first-order valence-corrected chi connectivity index (χ1v) is 4.27. The van der Waals surface area contributed by atoms with Crippen LogP contribution >= 0.6 is 11.6 Å². The second-order valence-electron chi connectivity index (χ2n) is 2.64. The summed E-state index contributed by atoms with van der Waals surface area (Å²) in [7, 11) is 0. The lowest BCUT2D eigenvalue weighted by atomic mass is 10.2. The van der Waals surface area contributed by atoms with Crippen LogP contribution in [-0.2, 0) is 6.18 Å². The summed E-state index contributed by atoms with van der Waals surface area (Å²) in [6.07, 6.45) is -4.43. The van der Waals surface area contributed by atoms with Crippen LogP contribution in [0, 0.1) is 0 Å². The highest BCUT2D eigenvalue weighted by Gasteiger charge is 2.32. The van der Waals surface area contributed by atoms with Gasteiger partial charge < -0.3 is 0 Å². The quantitative estimate of drug-likeness (QED) is 0.698. The average molecular weight is 222 g/mol. The number of alkyl halides is 4. The molecule has 0 atom stereocenters. The van der Waals surface area contributed by atoms with Gasteiger partial charge in [0.15, 0.2) is 0 Å². The standard InChI is InChI=1S/C9H7ClF3N/c1-6(5-10)7-3-2-4-8(14-7)9(11,12)13/h2-4H,1,5H2. The van der Waals surface area contributed by atoms with E-state index in [0.29, 0.717) is 5.57 Å². The van der Waals surface area contributed by atoms with Crippen LogP contribution in [0.15, 0.2) is 24.8 Å². The number of pyridine rings is 1. The molecule has 1 nitrogen and oxygen atoms in total. The van der Waals surface area contributed by atoms with E-state index in [1.165, 1.54) is 12.1 Å². The van der Waals surface area contributed by atoms with Gasteiger partial charge in [0.25, 0.3) is 0 Å². The molecule has 5 heteroatoms. The van der Waals surface area contributed by atoms with Crippen LogP contribution in [0.4, 0.5) is 13.2 Å². The highest BCUT2D eigenvalue weighted by molar-refractivity contribution is 6.22. The number of allylic oxidation sites excluding steroid dienone is 1. The minimum atomic E-state index is -4.43. The van der Waals surface area contributed by atoms with Gasteiger partial charge in [-0.05, 0) is 17.7 Å². The number of hydrogen-bond acceptors (Lipinski definition) is 1. The third-order valence-corrected chi connectivity index (χ3v) is 1.89. The topological polar surface area (TPSA) is 12.9 Å². The Morgan fingerprint density at radius 1 is 1.43 bits per heavy atom. The van der Waals surface area contributed by atoms with Gasteiger partial charge in [-0.15, -0.1) is 11.6 Å². The fourth-order valence-corrected chi connectivity index (χ4v) is 0.995. The molecular weight excluding hydrogens is 215 g/mol. The van der Waals surface area contributed by atoms with Crippen LogP contribution < -0.4 is 0 Å². The molecule has 0 amide bonds. The van der Waals surface area contributed by atoms with Crippen molar-refractivity contribution in [1.82, 2.24) is 4.98 Å². The van der Waals surface area contributed by atoms with E-state index in [4.69, 9.17) is 11.6 Å². The third kappa shape index (κ3) is 2.48. The summed E-state index contributed by atoms with van der Waals surface area (Å²) in [5.74, 6) is 0.0638. The maximum atomic E-state index is 12.2. The van der Waals surface area contributed by atoms with Gasteiger partial charge in [-0.2, -0.15) is 13.2 Å². The molecular formula is C9H7ClF3N. The van der Waals surface area contributed by atoms with E-state index >= 15 is 0 Å². The van der Waals surface area contributed by atoms with Crippen LogP contribution in [0.5, 0.6) is 0 Å². The summed E-state index contributed by atoms with van der Waals surface area (Å²) in [6.45, 7) is 3.50. The first-order valence-electron chi connectivity index (χ1n) is 3.73. The van der Waals surface area contributed by atoms with Crippen LogP contribution in [0.1, 0.15) is 11.4 Å². The van der Waals surface area contributed by atoms with E-state index in [2.05, 4.69) is 11.6 Å². The fourth-order valence-electron chi connectivity index (χ4n) is 0.858. The number of hydrogen-bond donors (Lipinski definition) is 0. The molecule has 1 rings (SSSR count). The Bertz CT molecular complexity index is 346. The Morgan fingerprint density at radius 3 is 2.57 bits per heavy atom. The molecule has 1 aromatic rings. The molecule has 0 N–H and O–H groups in total. The lowest BCUT2D eigenvalue weighted by Gasteiger charge is -2.07. The van der Waals surface area contributed by atoms with Crippen molar-refractivity contribution in [2.75, 3.05) is 5.88 Å². The van der Waals surface area contributed by atoms with Crippen molar-refractivity contribution >= 4 is 17.2 Å². The van der Waals surface area contributed by atoms with Crippen LogP contribution in [0.3, 0.4) is 0 Å². The molecule has 0 aliphatic rings. The zero-order valence-electron chi connectivity index (χ0n) is 7.11. The monoisotopic (exact) mass is 221 g/mol. The fraction of sp³-hybridized carbons (Fsp3) is 0.222. The predicted octanol–water partition coefficient (Wildman–Crippen LogP) is 3.35. The largest absolute Gasteiger partial charge is 0.433 e. The van der Waals surface area contributed by atoms with E-state index in [0.717, 1.165) is 6.07 Å².